The van der Waals surface area contributed by atoms with Crippen LogP contribution in [0.25, 0.3) is 0 Å². The molecule has 0 aromatic rings. The van der Waals surface area contributed by atoms with Gasteiger partial charge in [-0.15, -0.1) is 0 Å². The molecule has 15 heteroatoms. The van der Waals surface area contributed by atoms with Gasteiger partial charge < -0.3 is 44.6 Å². The molecule has 6 N–H and O–H groups in total. The zero-order valence-corrected chi connectivity index (χ0v) is 39.4. The number of phosphoric acid groups is 1. The Kier molecular flexibility index (Phi) is 31.8. The van der Waals surface area contributed by atoms with Gasteiger partial charge in [-0.1, -0.05) is 125 Å². The number of allylic oxidation sites excluding steroid dienone is 10. The number of hydrogen-bond acceptors (Lipinski definition) is 13. The molecule has 2 rings (SSSR count). The first-order chi connectivity index (χ1) is 30.9. The molecule has 10 atom stereocenters. The van der Waals surface area contributed by atoms with Crippen molar-refractivity contribution in [2.75, 3.05) is 13.2 Å². The van der Waals surface area contributed by atoms with E-state index in [-0.39, 0.29) is 25.0 Å². The van der Waals surface area contributed by atoms with E-state index in [2.05, 4.69) is 74.6 Å². The van der Waals surface area contributed by atoms with Gasteiger partial charge in [0.1, 0.15) is 43.2 Å². The molecule has 0 spiro atoms. The number of carbonyl (C=O) groups is 2. The number of epoxide rings is 1. The second-order valence-electron chi connectivity index (χ2n) is 16.6. The Hall–Kier alpha value is -2.75. The molecule has 0 radical (unpaired) electrons. The minimum Gasteiger partial charge on any atom is -0.462 e. The van der Waals surface area contributed by atoms with Gasteiger partial charge in [0.25, 0.3) is 0 Å². The number of aliphatic hydroxyl groups is 5. The monoisotopic (exact) mass is 925 g/mol. The summed E-state index contributed by atoms with van der Waals surface area (Å²) in [5.41, 5.74) is 0. The summed E-state index contributed by atoms with van der Waals surface area (Å²) in [5, 5.41) is 50.2. The Morgan fingerprint density at radius 2 is 0.984 bits per heavy atom. The number of hydrogen-bond donors (Lipinski definition) is 6. The van der Waals surface area contributed by atoms with Crippen molar-refractivity contribution in [2.24, 2.45) is 0 Å². The van der Waals surface area contributed by atoms with Crippen LogP contribution in [0.2, 0.25) is 0 Å². The number of rotatable bonds is 37. The third kappa shape index (κ3) is 27.0. The van der Waals surface area contributed by atoms with E-state index in [1.54, 1.807) is 0 Å². The number of aliphatic hydroxyl groups excluding tert-OH is 5. The number of ether oxygens (including phenoxy) is 3. The van der Waals surface area contributed by atoms with Gasteiger partial charge in [-0.25, -0.2) is 4.57 Å². The van der Waals surface area contributed by atoms with Crippen molar-refractivity contribution in [3.63, 3.8) is 0 Å². The molecule has 5 unspecified atom stereocenters. The normalized spacial score (nSPS) is 25.4. The molecule has 14 nitrogen and oxygen atoms in total. The topological polar surface area (TPSA) is 222 Å². The van der Waals surface area contributed by atoms with Gasteiger partial charge in [-0.05, 0) is 89.9 Å². The van der Waals surface area contributed by atoms with E-state index in [0.717, 1.165) is 70.6 Å². The third-order valence-corrected chi connectivity index (χ3v) is 11.9. The van der Waals surface area contributed by atoms with Crippen LogP contribution >= 0.6 is 7.82 Å². The molecule has 64 heavy (non-hydrogen) atoms. The van der Waals surface area contributed by atoms with Crippen LogP contribution in [0.4, 0.5) is 0 Å². The lowest BCUT2D eigenvalue weighted by molar-refractivity contribution is -0.220. The Balaban J connectivity index is 1.74. The van der Waals surface area contributed by atoms with Crippen molar-refractivity contribution >= 4 is 19.8 Å². The second-order valence-corrected chi connectivity index (χ2v) is 18.0. The predicted molar refractivity (Wildman–Crippen MR) is 248 cm³/mol. The van der Waals surface area contributed by atoms with Crippen molar-refractivity contribution in [1.82, 2.24) is 0 Å². The van der Waals surface area contributed by atoms with E-state index in [9.17, 15) is 44.6 Å². The minimum atomic E-state index is -5.15. The van der Waals surface area contributed by atoms with E-state index < -0.39 is 75.7 Å². The van der Waals surface area contributed by atoms with Crippen LogP contribution in [0, 0.1) is 0 Å². The molecule has 1 saturated carbocycles. The Morgan fingerprint density at radius 1 is 0.547 bits per heavy atom. The predicted octanol–water partition coefficient (Wildman–Crippen LogP) is 8.49. The quantitative estimate of drug-likeness (QED) is 0.0113. The molecular formula is C49H81O14P. The maximum absolute atomic E-state index is 12.8. The van der Waals surface area contributed by atoms with Crippen molar-refractivity contribution in [3.05, 3.63) is 72.9 Å². The zero-order chi connectivity index (χ0) is 46.8. The Bertz CT molecular complexity index is 1460. The number of phosphoric ester groups is 1. The van der Waals surface area contributed by atoms with Gasteiger partial charge in [0.05, 0.1) is 18.8 Å². The third-order valence-electron chi connectivity index (χ3n) is 10.9. The highest BCUT2D eigenvalue weighted by molar-refractivity contribution is 7.47. The zero-order valence-electron chi connectivity index (χ0n) is 38.5. The number of esters is 2. The summed E-state index contributed by atoms with van der Waals surface area (Å²) in [6.45, 7) is 3.16. The van der Waals surface area contributed by atoms with Crippen molar-refractivity contribution < 1.29 is 67.8 Å². The fourth-order valence-corrected chi connectivity index (χ4v) is 7.89. The first kappa shape index (κ1) is 57.4. The maximum Gasteiger partial charge on any atom is 0.472 e. The lowest BCUT2D eigenvalue weighted by Gasteiger charge is -2.41. The van der Waals surface area contributed by atoms with E-state index in [4.69, 9.17) is 23.3 Å². The van der Waals surface area contributed by atoms with Gasteiger partial charge >= 0.3 is 19.8 Å². The highest BCUT2D eigenvalue weighted by atomic mass is 31.2. The molecule has 1 aliphatic carbocycles. The van der Waals surface area contributed by atoms with Crippen molar-refractivity contribution in [1.29, 1.82) is 0 Å². The smallest absolute Gasteiger partial charge is 0.462 e. The Labute approximate surface area is 382 Å². The maximum atomic E-state index is 12.8. The van der Waals surface area contributed by atoms with Crippen LogP contribution < -0.4 is 0 Å². The lowest BCUT2D eigenvalue weighted by atomic mass is 9.85. The summed E-state index contributed by atoms with van der Waals surface area (Å²) in [7, 11) is -5.15. The van der Waals surface area contributed by atoms with Crippen LogP contribution in [-0.2, 0) is 37.4 Å². The molecule has 0 amide bonds. The number of carbonyl (C=O) groups excluding carboxylic acids is 2. The summed E-state index contributed by atoms with van der Waals surface area (Å²) >= 11 is 0. The van der Waals surface area contributed by atoms with Gasteiger partial charge in [0.15, 0.2) is 6.10 Å². The van der Waals surface area contributed by atoms with Gasteiger partial charge in [0, 0.05) is 12.8 Å². The molecular weight excluding hydrogens is 843 g/mol. The lowest BCUT2D eigenvalue weighted by Crippen LogP contribution is -2.64. The highest BCUT2D eigenvalue weighted by Crippen LogP contribution is 2.47. The van der Waals surface area contributed by atoms with E-state index in [1.165, 1.54) is 38.5 Å². The molecule has 0 aromatic heterocycles. The van der Waals surface area contributed by atoms with E-state index in [0.29, 0.717) is 19.3 Å². The second kappa shape index (κ2) is 35.4. The summed E-state index contributed by atoms with van der Waals surface area (Å²) in [6.07, 6.45) is 32.6. The van der Waals surface area contributed by atoms with Crippen LogP contribution in [0.15, 0.2) is 72.9 Å². The first-order valence-corrected chi connectivity index (χ1v) is 25.4. The van der Waals surface area contributed by atoms with Gasteiger partial charge in [-0.3, -0.25) is 18.6 Å². The fraction of sp³-hybridized carbons (Fsp3) is 0.714. The van der Waals surface area contributed by atoms with Crippen LogP contribution in [0.1, 0.15) is 155 Å². The first-order valence-electron chi connectivity index (χ1n) is 23.9. The van der Waals surface area contributed by atoms with Crippen LogP contribution in [0.3, 0.4) is 0 Å². The SMILES string of the molecule is CCCCC/C=C\C/C=C\C/C=C\CCCCCCC(=O)OC[C@H](COP(=O)(O)OC1[C@H](O)[C@H](O)C(O)[C@H](O)[C@H]1O)OC(=O)CCC/C=C\CC1OC1C/C=C\C/C=C\CCCCC. The minimum absolute atomic E-state index is 0.00374. The van der Waals surface area contributed by atoms with E-state index in [1.807, 2.05) is 12.2 Å². The van der Waals surface area contributed by atoms with Crippen LogP contribution in [0.5, 0.6) is 0 Å². The molecule has 0 aromatic carbocycles. The molecule has 1 heterocycles. The summed E-state index contributed by atoms with van der Waals surface area (Å²) in [6, 6.07) is 0. The van der Waals surface area contributed by atoms with Gasteiger partial charge in [0.2, 0.25) is 0 Å². The standard InChI is InChI=1S/C49H81O14P/c1-3-5-7-9-11-13-14-15-16-17-18-19-20-22-24-26-31-35-42(50)59-37-39(38-60-64(57,58)63-49-47(55)45(53)44(52)46(54)48(49)56)61-43(51)36-32-28-27-30-34-41-40(62-41)33-29-25-23-21-12-10-8-6-4-2/h11-13,15-16,18-19,21,25,27,29-30,39-41,44-49,52-56H,3-10,14,17,20,22-24,26,28,31-38H2,1-2H3,(H,57,58)/b13-11-,16-15-,19-18-,21-12-,29-25-,30-27-/t39-,40?,41?,44?,45-,46+,47-,48-,49?/m1/s1. The Morgan fingerprint density at radius 3 is 1.55 bits per heavy atom. The summed E-state index contributed by atoms with van der Waals surface area (Å²) < 4.78 is 39.3. The largest absolute Gasteiger partial charge is 0.472 e. The molecule has 0 bridgehead atoms. The summed E-state index contributed by atoms with van der Waals surface area (Å²) in [4.78, 5) is 35.8. The number of unbranched alkanes of at least 4 members (excludes halogenated alkanes) is 11. The molecule has 2 fully saturated rings. The summed E-state index contributed by atoms with van der Waals surface area (Å²) in [5.74, 6) is -1.20. The average Bonchev–Trinajstić information content (AvgIpc) is 4.04. The fourth-order valence-electron chi connectivity index (χ4n) is 6.91. The molecule has 366 valence electrons. The van der Waals surface area contributed by atoms with Crippen LogP contribution in [-0.4, -0.2) is 111 Å². The van der Waals surface area contributed by atoms with E-state index >= 15 is 0 Å². The molecule has 1 aliphatic heterocycles. The average molecular weight is 925 g/mol. The van der Waals surface area contributed by atoms with Crippen molar-refractivity contribution in [3.8, 4) is 0 Å². The highest BCUT2D eigenvalue weighted by Gasteiger charge is 2.51. The van der Waals surface area contributed by atoms with Crippen molar-refractivity contribution in [2.45, 2.75) is 210 Å². The van der Waals surface area contributed by atoms with Gasteiger partial charge in [-0.2, -0.15) is 0 Å². The molecule has 2 aliphatic rings. The molecule has 1 saturated heterocycles.